The van der Waals surface area contributed by atoms with Crippen LogP contribution in [-0.2, 0) is 23.7 Å². The van der Waals surface area contributed by atoms with Crippen LogP contribution in [0.25, 0.3) is 0 Å². The van der Waals surface area contributed by atoms with Crippen molar-refractivity contribution in [2.24, 2.45) is 0 Å². The Bertz CT molecular complexity index is 679. The van der Waals surface area contributed by atoms with E-state index in [2.05, 4.69) is 32.6 Å². The van der Waals surface area contributed by atoms with Crippen molar-refractivity contribution in [3.63, 3.8) is 0 Å². The molecule has 0 atom stereocenters. The average molecular weight is 742 g/mol. The van der Waals surface area contributed by atoms with E-state index in [0.717, 1.165) is 64.3 Å². The molecule has 0 aromatic carbocycles. The highest BCUT2D eigenvalue weighted by atomic mass is 16.7. The highest BCUT2D eigenvalue weighted by Crippen LogP contribution is 2.19. The van der Waals surface area contributed by atoms with Crippen LogP contribution in [0, 0.1) is 0 Å². The summed E-state index contributed by atoms with van der Waals surface area (Å²) in [5.41, 5.74) is 0. The van der Waals surface area contributed by atoms with E-state index in [1.54, 1.807) is 0 Å². The van der Waals surface area contributed by atoms with E-state index >= 15 is 0 Å². The van der Waals surface area contributed by atoms with Gasteiger partial charge < -0.3 is 28.6 Å². The van der Waals surface area contributed by atoms with Gasteiger partial charge in [0.1, 0.15) is 31.5 Å². The number of rotatable bonds is 39. The summed E-state index contributed by atoms with van der Waals surface area (Å²) in [6.07, 6.45) is 31.1. The molecule has 0 aliphatic rings. The van der Waals surface area contributed by atoms with Gasteiger partial charge >= 0.3 is 12.3 Å². The fraction of sp³-hybridized carbons (Fsp3) is 0.955. The molecule has 310 valence electrons. The number of nitrogens with zero attached hydrogens (tertiary/aromatic N) is 1. The Morgan fingerprint density at radius 1 is 0.423 bits per heavy atom. The van der Waals surface area contributed by atoms with Crippen LogP contribution in [0.3, 0.4) is 0 Å². The van der Waals surface area contributed by atoms with Crippen LogP contribution < -0.4 is 0 Å². The van der Waals surface area contributed by atoms with Crippen molar-refractivity contribution >= 4 is 12.3 Å². The van der Waals surface area contributed by atoms with Crippen LogP contribution in [0.1, 0.15) is 214 Å². The zero-order chi connectivity index (χ0) is 38.3. The zero-order valence-electron chi connectivity index (χ0n) is 35.4. The maximum Gasteiger partial charge on any atom is 0.508 e. The molecular formula is C44H87NO7. The Labute approximate surface area is 322 Å². The van der Waals surface area contributed by atoms with Crippen molar-refractivity contribution in [3.8, 4) is 0 Å². The predicted octanol–water partition coefficient (Wildman–Crippen LogP) is 13.4. The fourth-order valence-electron chi connectivity index (χ4n) is 6.57. The molecule has 8 nitrogen and oxygen atoms in total. The van der Waals surface area contributed by atoms with E-state index in [1.807, 2.05) is 14.1 Å². The maximum atomic E-state index is 12.9. The van der Waals surface area contributed by atoms with Gasteiger partial charge in [-0.1, -0.05) is 156 Å². The topological polar surface area (TPSA) is 83.5 Å². The summed E-state index contributed by atoms with van der Waals surface area (Å²) < 4.78 is 29.0. The molecule has 52 heavy (non-hydrogen) atoms. The Kier molecular flexibility index (Phi) is 38.0. The van der Waals surface area contributed by atoms with Crippen LogP contribution in [0.2, 0.25) is 0 Å². The first kappa shape index (κ1) is 50.5. The molecule has 0 saturated heterocycles. The first-order valence-electron chi connectivity index (χ1n) is 22.3. The summed E-state index contributed by atoms with van der Waals surface area (Å²) in [6, 6.07) is 0. The number of unbranched alkanes of at least 4 members (excludes halogenated alkanes) is 20. The van der Waals surface area contributed by atoms with Gasteiger partial charge in [0.05, 0.1) is 0 Å². The second-order valence-corrected chi connectivity index (χ2v) is 15.5. The average Bonchev–Trinajstić information content (AvgIpc) is 3.12. The Balaban J connectivity index is 5.10. The molecule has 0 saturated carbocycles. The molecule has 0 bridgehead atoms. The first-order chi connectivity index (χ1) is 25.4. The van der Waals surface area contributed by atoms with Crippen molar-refractivity contribution < 1.29 is 33.3 Å². The molecule has 0 heterocycles. The van der Waals surface area contributed by atoms with Crippen molar-refractivity contribution in [2.45, 2.75) is 232 Å². The summed E-state index contributed by atoms with van der Waals surface area (Å²) in [5, 5.41) is 0. The monoisotopic (exact) mass is 742 g/mol. The molecule has 0 unspecified atom stereocenters. The smallest absolute Gasteiger partial charge is 0.431 e. The molecule has 8 heteroatoms. The zero-order valence-corrected chi connectivity index (χ0v) is 35.4. The van der Waals surface area contributed by atoms with Crippen LogP contribution in [0.15, 0.2) is 0 Å². The van der Waals surface area contributed by atoms with E-state index in [9.17, 15) is 9.59 Å². The van der Waals surface area contributed by atoms with Crippen LogP contribution in [-0.4, -0.2) is 76.0 Å². The van der Waals surface area contributed by atoms with Crippen LogP contribution >= 0.6 is 0 Å². The van der Waals surface area contributed by atoms with E-state index in [4.69, 9.17) is 23.7 Å². The van der Waals surface area contributed by atoms with Gasteiger partial charge in [0, 0.05) is 6.61 Å². The maximum absolute atomic E-state index is 12.9. The third kappa shape index (κ3) is 35.5. The quantitative estimate of drug-likeness (QED) is 0.0455. The molecule has 0 fully saturated rings. The summed E-state index contributed by atoms with van der Waals surface area (Å²) in [4.78, 5) is 28.0. The summed E-state index contributed by atoms with van der Waals surface area (Å²) in [5.74, 6) is 0. The minimum atomic E-state index is -0.663. The lowest BCUT2D eigenvalue weighted by Crippen LogP contribution is -2.31. The number of hydrogen-bond donors (Lipinski definition) is 0. The lowest BCUT2D eigenvalue weighted by molar-refractivity contribution is -0.0627. The lowest BCUT2D eigenvalue weighted by Gasteiger charge is -2.22. The van der Waals surface area contributed by atoms with Crippen LogP contribution in [0.4, 0.5) is 9.59 Å². The molecule has 0 aliphatic carbocycles. The molecule has 0 aromatic heterocycles. The predicted molar refractivity (Wildman–Crippen MR) is 217 cm³/mol. The SMILES string of the molecule is CCCCCCCCC(CCCCCCCC)OC(=O)OCC(COC(=O)OC(CCCCCCCC)CCCCCCCC)OCCCN(C)C. The van der Waals surface area contributed by atoms with Gasteiger partial charge in [-0.25, -0.2) is 9.59 Å². The molecular weight excluding hydrogens is 654 g/mol. The van der Waals surface area contributed by atoms with Crippen molar-refractivity contribution in [1.29, 1.82) is 0 Å². The van der Waals surface area contributed by atoms with Crippen molar-refractivity contribution in [1.82, 2.24) is 4.90 Å². The molecule has 0 rings (SSSR count). The minimum Gasteiger partial charge on any atom is -0.431 e. The van der Waals surface area contributed by atoms with Crippen molar-refractivity contribution in [2.75, 3.05) is 40.5 Å². The largest absolute Gasteiger partial charge is 0.508 e. The number of hydrogen-bond acceptors (Lipinski definition) is 8. The molecule has 0 radical (unpaired) electrons. The summed E-state index contributed by atoms with van der Waals surface area (Å²) >= 11 is 0. The summed E-state index contributed by atoms with van der Waals surface area (Å²) in [7, 11) is 4.05. The fourth-order valence-corrected chi connectivity index (χ4v) is 6.57. The van der Waals surface area contributed by atoms with E-state index in [-0.39, 0.29) is 25.4 Å². The third-order valence-corrected chi connectivity index (χ3v) is 9.92. The normalized spacial score (nSPS) is 11.7. The third-order valence-electron chi connectivity index (χ3n) is 9.92. The standard InChI is InChI=1S/C44H87NO7/c1-7-11-15-19-23-27-32-40(33-28-24-20-16-12-8-2)51-43(46)49-38-42(48-37-31-36-45(5)6)39-50-44(47)52-41(34-29-25-21-17-13-9-3)35-30-26-22-18-14-10-4/h40-42H,7-39H2,1-6H3. The lowest BCUT2D eigenvalue weighted by atomic mass is 10.0. The highest BCUT2D eigenvalue weighted by Gasteiger charge is 2.21. The summed E-state index contributed by atoms with van der Waals surface area (Å²) in [6.45, 7) is 10.2. The molecule has 0 spiro atoms. The second kappa shape index (κ2) is 39.2. The molecule has 0 N–H and O–H groups in total. The van der Waals surface area contributed by atoms with Gasteiger partial charge in [-0.3, -0.25) is 0 Å². The Morgan fingerprint density at radius 2 is 0.731 bits per heavy atom. The van der Waals surface area contributed by atoms with Gasteiger partial charge in [-0.05, 0) is 78.4 Å². The first-order valence-corrected chi connectivity index (χ1v) is 22.3. The number of carbonyl (C=O) groups is 2. The van der Waals surface area contributed by atoms with E-state index < -0.39 is 18.4 Å². The van der Waals surface area contributed by atoms with Gasteiger partial charge in [-0.2, -0.15) is 0 Å². The molecule has 0 aliphatic heterocycles. The number of ether oxygens (including phenoxy) is 5. The van der Waals surface area contributed by atoms with Gasteiger partial charge in [0.2, 0.25) is 0 Å². The minimum absolute atomic E-state index is 0.0339. The number of carbonyl (C=O) groups excluding carboxylic acids is 2. The van der Waals surface area contributed by atoms with Gasteiger partial charge in [-0.15, -0.1) is 0 Å². The van der Waals surface area contributed by atoms with Gasteiger partial charge in [0.15, 0.2) is 0 Å². The van der Waals surface area contributed by atoms with E-state index in [1.165, 1.54) is 128 Å². The van der Waals surface area contributed by atoms with Crippen LogP contribution in [0.5, 0.6) is 0 Å². The Hall–Kier alpha value is -1.54. The highest BCUT2D eigenvalue weighted by molar-refractivity contribution is 5.60. The Morgan fingerprint density at radius 3 is 1.04 bits per heavy atom. The molecule has 0 amide bonds. The van der Waals surface area contributed by atoms with Crippen molar-refractivity contribution in [3.05, 3.63) is 0 Å². The van der Waals surface area contributed by atoms with Gasteiger partial charge in [0.25, 0.3) is 0 Å². The van der Waals surface area contributed by atoms with E-state index in [0.29, 0.717) is 6.61 Å². The second-order valence-electron chi connectivity index (χ2n) is 15.5. The molecule has 0 aromatic rings.